The monoisotopic (exact) mass is 450 g/mol. The third-order valence-corrected chi connectivity index (χ3v) is 4.44. The van der Waals surface area contributed by atoms with Gasteiger partial charge in [0.05, 0.1) is 23.7 Å². The average Bonchev–Trinajstić information content (AvgIpc) is 2.71. The normalized spacial score (nSPS) is 13.2. The predicted molar refractivity (Wildman–Crippen MR) is 112 cm³/mol. The van der Waals surface area contributed by atoms with Crippen molar-refractivity contribution in [1.82, 2.24) is 5.32 Å². The summed E-state index contributed by atoms with van der Waals surface area (Å²) in [4.78, 5) is 35.9. The summed E-state index contributed by atoms with van der Waals surface area (Å²) < 4.78 is 37.2. The van der Waals surface area contributed by atoms with Crippen molar-refractivity contribution < 1.29 is 32.8 Å². The van der Waals surface area contributed by atoms with Crippen molar-refractivity contribution in [3.05, 3.63) is 63.7 Å². The molecule has 2 aromatic carbocycles. The van der Waals surface area contributed by atoms with Gasteiger partial charge in [-0.25, -0.2) is 13.6 Å². The predicted octanol–water partition coefficient (Wildman–Crippen LogP) is 4.02. The van der Waals surface area contributed by atoms with Crippen molar-refractivity contribution in [1.29, 1.82) is 0 Å². The molecule has 0 spiro atoms. The number of nitro benzene ring substituents is 1. The SMILES string of the molecule is COC(=O)[C@H](NC(=O)c1ccc(-c2ccc(F)c(F)c2)cc1[N+](=O)[O-])C(C)OC(C)(C)C. The van der Waals surface area contributed by atoms with E-state index < -0.39 is 51.9 Å². The van der Waals surface area contributed by atoms with E-state index in [-0.39, 0.29) is 16.7 Å². The number of methoxy groups -OCH3 is 1. The molecule has 0 aromatic heterocycles. The number of ether oxygens (including phenoxy) is 2. The van der Waals surface area contributed by atoms with E-state index >= 15 is 0 Å². The van der Waals surface area contributed by atoms with Crippen LogP contribution < -0.4 is 5.32 Å². The Kier molecular flexibility index (Phi) is 7.63. The van der Waals surface area contributed by atoms with E-state index in [1.54, 1.807) is 27.7 Å². The molecule has 172 valence electrons. The molecule has 0 aliphatic heterocycles. The molecule has 1 N–H and O–H groups in total. The second-order valence-corrected chi connectivity index (χ2v) is 8.03. The van der Waals surface area contributed by atoms with Crippen LogP contribution in [-0.2, 0) is 14.3 Å². The van der Waals surface area contributed by atoms with Gasteiger partial charge in [0.1, 0.15) is 5.56 Å². The average molecular weight is 450 g/mol. The molecule has 0 heterocycles. The van der Waals surface area contributed by atoms with E-state index in [0.29, 0.717) is 0 Å². The zero-order chi connectivity index (χ0) is 24.2. The minimum absolute atomic E-state index is 0.193. The molecule has 2 rings (SSSR count). The van der Waals surface area contributed by atoms with Crippen LogP contribution >= 0.6 is 0 Å². The zero-order valence-electron chi connectivity index (χ0n) is 18.3. The van der Waals surface area contributed by atoms with Crippen LogP contribution in [0.25, 0.3) is 11.1 Å². The first kappa shape index (κ1) is 24.9. The molecule has 0 saturated heterocycles. The lowest BCUT2D eigenvalue weighted by Crippen LogP contribution is -2.51. The molecule has 32 heavy (non-hydrogen) atoms. The molecule has 10 heteroatoms. The number of hydrogen-bond donors (Lipinski definition) is 1. The maximum atomic E-state index is 13.5. The third kappa shape index (κ3) is 6.07. The van der Waals surface area contributed by atoms with Crippen LogP contribution in [0.1, 0.15) is 38.1 Å². The summed E-state index contributed by atoms with van der Waals surface area (Å²) in [5.74, 6) is -3.84. The number of esters is 1. The Hall–Kier alpha value is -3.40. The summed E-state index contributed by atoms with van der Waals surface area (Å²) >= 11 is 0. The van der Waals surface area contributed by atoms with Gasteiger partial charge >= 0.3 is 5.97 Å². The van der Waals surface area contributed by atoms with E-state index in [1.807, 2.05) is 0 Å². The summed E-state index contributed by atoms with van der Waals surface area (Å²) in [5, 5.41) is 14.0. The number of nitrogens with one attached hydrogen (secondary N) is 1. The number of benzene rings is 2. The quantitative estimate of drug-likeness (QED) is 0.388. The van der Waals surface area contributed by atoms with E-state index in [4.69, 9.17) is 9.47 Å². The van der Waals surface area contributed by atoms with Crippen molar-refractivity contribution in [3.8, 4) is 11.1 Å². The molecule has 2 atom stereocenters. The summed E-state index contributed by atoms with van der Waals surface area (Å²) in [6.45, 7) is 6.86. The second-order valence-electron chi connectivity index (χ2n) is 8.03. The van der Waals surface area contributed by atoms with Crippen LogP contribution in [0.4, 0.5) is 14.5 Å². The number of rotatable bonds is 7. The fourth-order valence-electron chi connectivity index (χ4n) is 3.07. The fourth-order valence-corrected chi connectivity index (χ4v) is 3.07. The molecule has 0 aliphatic rings. The van der Waals surface area contributed by atoms with Crippen LogP contribution in [0, 0.1) is 21.7 Å². The van der Waals surface area contributed by atoms with E-state index in [9.17, 15) is 28.5 Å². The summed E-state index contributed by atoms with van der Waals surface area (Å²) in [5.41, 5.74) is -1.12. The van der Waals surface area contributed by atoms with Crippen molar-refractivity contribution in [2.45, 2.75) is 45.4 Å². The van der Waals surface area contributed by atoms with Crippen LogP contribution in [-0.4, -0.2) is 41.7 Å². The topological polar surface area (TPSA) is 108 Å². The van der Waals surface area contributed by atoms with Gasteiger partial charge in [-0.1, -0.05) is 12.1 Å². The summed E-state index contributed by atoms with van der Waals surface area (Å²) in [7, 11) is 1.14. The molecule has 1 unspecified atom stereocenters. The van der Waals surface area contributed by atoms with Crippen LogP contribution in [0.5, 0.6) is 0 Å². The molecule has 0 fully saturated rings. The highest BCUT2D eigenvalue weighted by Gasteiger charge is 2.33. The Morgan fingerprint density at radius 1 is 1.06 bits per heavy atom. The van der Waals surface area contributed by atoms with Gasteiger partial charge in [-0.3, -0.25) is 14.9 Å². The zero-order valence-corrected chi connectivity index (χ0v) is 18.3. The largest absolute Gasteiger partial charge is 0.467 e. The van der Waals surface area contributed by atoms with Gasteiger partial charge in [0, 0.05) is 6.07 Å². The maximum Gasteiger partial charge on any atom is 0.331 e. The Labute approximate surface area is 183 Å². The van der Waals surface area contributed by atoms with Crippen molar-refractivity contribution in [2.24, 2.45) is 0 Å². The van der Waals surface area contributed by atoms with Gasteiger partial charge < -0.3 is 14.8 Å². The number of nitro groups is 1. The highest BCUT2D eigenvalue weighted by atomic mass is 19.2. The first-order valence-electron chi connectivity index (χ1n) is 9.64. The van der Waals surface area contributed by atoms with E-state index in [1.165, 1.54) is 18.2 Å². The third-order valence-electron chi connectivity index (χ3n) is 4.44. The Morgan fingerprint density at radius 3 is 2.19 bits per heavy atom. The van der Waals surface area contributed by atoms with Crippen molar-refractivity contribution >= 4 is 17.6 Å². The maximum absolute atomic E-state index is 13.5. The number of halogens is 2. The van der Waals surface area contributed by atoms with E-state index in [0.717, 1.165) is 25.3 Å². The molecular formula is C22H24F2N2O6. The molecule has 0 bridgehead atoms. The molecule has 0 radical (unpaired) electrons. The summed E-state index contributed by atoms with van der Waals surface area (Å²) in [6, 6.07) is 5.43. The number of carbonyl (C=O) groups excluding carboxylic acids is 2. The first-order chi connectivity index (χ1) is 14.8. The lowest BCUT2D eigenvalue weighted by atomic mass is 10.0. The number of hydrogen-bond acceptors (Lipinski definition) is 6. The minimum atomic E-state index is -1.22. The standard InChI is InChI=1S/C22H24F2N2O6/c1-12(32-22(2,3)4)19(21(28)31-5)25-20(27)15-8-6-14(11-18(15)26(29)30)13-7-9-16(23)17(24)10-13/h6-12,19H,1-5H3,(H,25,27)/t12?,19-/m1/s1. The smallest absolute Gasteiger partial charge is 0.331 e. The number of carbonyl (C=O) groups is 2. The van der Waals surface area contributed by atoms with Crippen LogP contribution in [0.3, 0.4) is 0 Å². The molecular weight excluding hydrogens is 426 g/mol. The molecule has 0 aliphatic carbocycles. The highest BCUT2D eigenvalue weighted by molar-refractivity contribution is 6.01. The number of nitrogens with zero attached hydrogens (tertiary/aromatic N) is 1. The lowest BCUT2D eigenvalue weighted by Gasteiger charge is -2.29. The van der Waals surface area contributed by atoms with Crippen LogP contribution in [0.15, 0.2) is 36.4 Å². The van der Waals surface area contributed by atoms with Crippen LogP contribution in [0.2, 0.25) is 0 Å². The molecule has 0 saturated carbocycles. The summed E-state index contributed by atoms with van der Waals surface area (Å²) in [6.07, 6.45) is -0.799. The molecule has 8 nitrogen and oxygen atoms in total. The van der Waals surface area contributed by atoms with E-state index in [2.05, 4.69) is 5.32 Å². The van der Waals surface area contributed by atoms with Gasteiger partial charge in [-0.15, -0.1) is 0 Å². The highest BCUT2D eigenvalue weighted by Crippen LogP contribution is 2.28. The van der Waals surface area contributed by atoms with Gasteiger partial charge in [-0.05, 0) is 57.0 Å². The van der Waals surface area contributed by atoms with Crippen molar-refractivity contribution in [3.63, 3.8) is 0 Å². The fraction of sp³-hybridized carbons (Fsp3) is 0.364. The van der Waals surface area contributed by atoms with Gasteiger partial charge in [0.15, 0.2) is 17.7 Å². The Balaban J connectivity index is 2.39. The Morgan fingerprint density at radius 2 is 1.66 bits per heavy atom. The minimum Gasteiger partial charge on any atom is -0.467 e. The van der Waals surface area contributed by atoms with Gasteiger partial charge in [0.2, 0.25) is 0 Å². The second kappa shape index (κ2) is 9.82. The molecule has 1 amide bonds. The molecule has 2 aromatic rings. The number of amides is 1. The van der Waals surface area contributed by atoms with Gasteiger partial charge in [-0.2, -0.15) is 0 Å². The lowest BCUT2D eigenvalue weighted by molar-refractivity contribution is -0.385. The Bertz CT molecular complexity index is 1040. The van der Waals surface area contributed by atoms with Crippen molar-refractivity contribution in [2.75, 3.05) is 7.11 Å². The first-order valence-corrected chi connectivity index (χ1v) is 9.64. The van der Waals surface area contributed by atoms with Gasteiger partial charge in [0.25, 0.3) is 11.6 Å².